The molecule has 0 spiro atoms. The first-order chi connectivity index (χ1) is 12.9. The molecule has 0 radical (unpaired) electrons. The zero-order valence-electron chi connectivity index (χ0n) is 16.3. The van der Waals surface area contributed by atoms with Gasteiger partial charge in [0.05, 0.1) is 6.20 Å². The SMILES string of the molecule is Cc1ncc(S(C)(=O)=O)c(N2C[C@@H]3C[C@H](C2)[C@@H]2CCC[C@H](C4CC4)N2C3)n1. The third-order valence-corrected chi connectivity index (χ3v) is 8.24. The summed E-state index contributed by atoms with van der Waals surface area (Å²) in [5.41, 5.74) is 0. The van der Waals surface area contributed by atoms with Crippen molar-refractivity contribution in [3.05, 3.63) is 12.0 Å². The Bertz CT molecular complexity index is 838. The molecule has 27 heavy (non-hydrogen) atoms. The van der Waals surface area contributed by atoms with Crippen molar-refractivity contribution in [2.75, 3.05) is 30.8 Å². The quantitative estimate of drug-likeness (QED) is 0.789. The molecule has 0 unspecified atom stereocenters. The summed E-state index contributed by atoms with van der Waals surface area (Å²) in [6, 6.07) is 1.49. The first kappa shape index (κ1) is 17.9. The lowest BCUT2D eigenvalue weighted by molar-refractivity contribution is -0.0260. The number of aromatic nitrogens is 2. The number of rotatable bonds is 3. The molecule has 148 valence electrons. The van der Waals surface area contributed by atoms with E-state index in [-0.39, 0.29) is 4.90 Å². The van der Waals surface area contributed by atoms with Crippen LogP contribution in [-0.2, 0) is 9.84 Å². The van der Waals surface area contributed by atoms with Gasteiger partial charge in [-0.05, 0) is 56.8 Å². The fraction of sp³-hybridized carbons (Fsp3) is 0.800. The van der Waals surface area contributed by atoms with E-state index in [9.17, 15) is 8.42 Å². The van der Waals surface area contributed by atoms with E-state index in [2.05, 4.69) is 19.8 Å². The monoisotopic (exact) mass is 390 g/mol. The highest BCUT2D eigenvalue weighted by atomic mass is 32.2. The van der Waals surface area contributed by atoms with E-state index in [1.807, 2.05) is 6.92 Å². The Morgan fingerprint density at radius 1 is 1.04 bits per heavy atom. The molecule has 4 aliphatic rings. The van der Waals surface area contributed by atoms with Gasteiger partial charge >= 0.3 is 0 Å². The summed E-state index contributed by atoms with van der Waals surface area (Å²) >= 11 is 0. The van der Waals surface area contributed by atoms with Gasteiger partial charge in [0.25, 0.3) is 0 Å². The lowest BCUT2D eigenvalue weighted by Gasteiger charge is -2.55. The number of piperidine rings is 3. The summed E-state index contributed by atoms with van der Waals surface area (Å²) < 4.78 is 24.6. The minimum atomic E-state index is -3.34. The van der Waals surface area contributed by atoms with Crippen molar-refractivity contribution in [1.82, 2.24) is 14.9 Å². The molecular formula is C20H30N4O2S. The topological polar surface area (TPSA) is 66.4 Å². The second-order valence-corrected chi connectivity index (χ2v) is 11.2. The zero-order chi connectivity index (χ0) is 18.8. The molecule has 1 aromatic rings. The molecule has 1 saturated carbocycles. The van der Waals surface area contributed by atoms with Gasteiger partial charge in [0.2, 0.25) is 0 Å². The molecule has 1 aromatic heterocycles. The molecule has 4 fully saturated rings. The Hall–Kier alpha value is -1.21. The van der Waals surface area contributed by atoms with E-state index in [0.717, 1.165) is 25.0 Å². The standard InChI is InChI=1S/C20H30N4O2S/c1-13-21-9-19(27(2,25)26)20(22-13)23-10-14-8-16(12-23)18-5-3-4-17(15-6-7-15)24(18)11-14/h9,14-18H,3-8,10-12H2,1-2H3/t14-,16+,17+,18-/m0/s1. The average Bonchev–Trinajstić information content (AvgIpc) is 3.45. The largest absolute Gasteiger partial charge is 0.355 e. The maximum Gasteiger partial charge on any atom is 0.180 e. The number of sulfone groups is 1. The molecule has 0 N–H and O–H groups in total. The second-order valence-electron chi connectivity index (χ2n) is 9.24. The summed E-state index contributed by atoms with van der Waals surface area (Å²) in [4.78, 5) is 14.1. The van der Waals surface area contributed by atoms with E-state index >= 15 is 0 Å². The van der Waals surface area contributed by atoms with Crippen LogP contribution in [0.25, 0.3) is 0 Å². The predicted octanol–water partition coefficient (Wildman–Crippen LogP) is 2.28. The van der Waals surface area contributed by atoms with E-state index in [1.54, 1.807) is 0 Å². The maximum absolute atomic E-state index is 12.3. The molecule has 7 heteroatoms. The molecule has 1 aliphatic carbocycles. The van der Waals surface area contributed by atoms with Crippen LogP contribution in [0.3, 0.4) is 0 Å². The van der Waals surface area contributed by atoms with Crippen LogP contribution >= 0.6 is 0 Å². The number of anilines is 1. The van der Waals surface area contributed by atoms with Gasteiger partial charge in [0.15, 0.2) is 15.7 Å². The molecule has 0 amide bonds. The van der Waals surface area contributed by atoms with Gasteiger partial charge in [-0.2, -0.15) is 0 Å². The molecular weight excluding hydrogens is 360 g/mol. The summed E-state index contributed by atoms with van der Waals surface area (Å²) in [7, 11) is -3.34. The first-order valence-corrected chi connectivity index (χ1v) is 12.3. The number of nitrogens with zero attached hydrogens (tertiary/aromatic N) is 4. The lowest BCUT2D eigenvalue weighted by Crippen LogP contribution is -2.62. The van der Waals surface area contributed by atoms with Crippen molar-refractivity contribution in [3.8, 4) is 0 Å². The Labute approximate surface area is 162 Å². The van der Waals surface area contributed by atoms with Gasteiger partial charge in [-0.3, -0.25) is 4.90 Å². The van der Waals surface area contributed by atoms with Crippen LogP contribution < -0.4 is 4.90 Å². The van der Waals surface area contributed by atoms with Crippen molar-refractivity contribution >= 4 is 15.7 Å². The van der Waals surface area contributed by atoms with Crippen LogP contribution in [0.1, 0.15) is 44.3 Å². The highest BCUT2D eigenvalue weighted by molar-refractivity contribution is 7.90. The van der Waals surface area contributed by atoms with Crippen LogP contribution in [0.5, 0.6) is 0 Å². The molecule has 4 atom stereocenters. The zero-order valence-corrected chi connectivity index (χ0v) is 17.2. The van der Waals surface area contributed by atoms with Crippen molar-refractivity contribution in [2.45, 2.75) is 62.4 Å². The van der Waals surface area contributed by atoms with Gasteiger partial charge in [0, 0.05) is 38.0 Å². The molecule has 3 aliphatic heterocycles. The molecule has 2 bridgehead atoms. The van der Waals surface area contributed by atoms with Crippen LogP contribution in [0, 0.1) is 24.7 Å². The Morgan fingerprint density at radius 3 is 2.48 bits per heavy atom. The second kappa shape index (κ2) is 6.41. The number of fused-ring (bicyclic) bond motifs is 4. The highest BCUT2D eigenvalue weighted by Gasteiger charge is 2.48. The average molecular weight is 391 g/mol. The number of aryl methyl sites for hydroxylation is 1. The summed E-state index contributed by atoms with van der Waals surface area (Å²) in [6.07, 6.45) is 10.9. The van der Waals surface area contributed by atoms with Gasteiger partial charge in [-0.15, -0.1) is 0 Å². The molecule has 3 saturated heterocycles. The minimum absolute atomic E-state index is 0.282. The maximum atomic E-state index is 12.3. The number of hydrogen-bond donors (Lipinski definition) is 0. The molecule has 0 aromatic carbocycles. The van der Waals surface area contributed by atoms with Crippen molar-refractivity contribution in [1.29, 1.82) is 0 Å². The summed E-state index contributed by atoms with van der Waals surface area (Å²) in [6.45, 7) is 4.85. The molecule has 5 rings (SSSR count). The van der Waals surface area contributed by atoms with E-state index in [0.29, 0.717) is 29.5 Å². The smallest absolute Gasteiger partial charge is 0.180 e. The lowest BCUT2D eigenvalue weighted by atomic mass is 9.74. The van der Waals surface area contributed by atoms with Crippen molar-refractivity contribution < 1.29 is 8.42 Å². The fourth-order valence-corrected chi connectivity index (χ4v) is 6.69. The summed E-state index contributed by atoms with van der Waals surface area (Å²) in [5, 5.41) is 0. The van der Waals surface area contributed by atoms with Crippen LogP contribution in [0.15, 0.2) is 11.1 Å². The Kier molecular flexibility index (Phi) is 4.24. The normalized spacial score (nSPS) is 34.4. The Morgan fingerprint density at radius 2 is 1.78 bits per heavy atom. The highest BCUT2D eigenvalue weighted by Crippen LogP contribution is 2.47. The summed E-state index contributed by atoms with van der Waals surface area (Å²) in [5.74, 6) is 3.46. The number of hydrogen-bond acceptors (Lipinski definition) is 6. The van der Waals surface area contributed by atoms with Crippen LogP contribution in [-0.4, -0.2) is 61.3 Å². The van der Waals surface area contributed by atoms with Gasteiger partial charge in [-0.25, -0.2) is 18.4 Å². The Balaban J connectivity index is 1.44. The third kappa shape index (κ3) is 3.27. The fourth-order valence-electron chi connectivity index (χ4n) is 5.94. The third-order valence-electron chi connectivity index (χ3n) is 7.16. The van der Waals surface area contributed by atoms with E-state index < -0.39 is 9.84 Å². The van der Waals surface area contributed by atoms with Crippen LogP contribution in [0.2, 0.25) is 0 Å². The molecule has 6 nitrogen and oxygen atoms in total. The first-order valence-electron chi connectivity index (χ1n) is 10.4. The van der Waals surface area contributed by atoms with Crippen molar-refractivity contribution in [2.24, 2.45) is 17.8 Å². The van der Waals surface area contributed by atoms with Crippen LogP contribution in [0.4, 0.5) is 5.82 Å². The molecule has 4 heterocycles. The van der Waals surface area contributed by atoms with E-state index in [1.165, 1.54) is 57.5 Å². The van der Waals surface area contributed by atoms with Gasteiger partial charge < -0.3 is 4.90 Å². The predicted molar refractivity (Wildman–Crippen MR) is 105 cm³/mol. The minimum Gasteiger partial charge on any atom is -0.355 e. The van der Waals surface area contributed by atoms with E-state index in [4.69, 9.17) is 0 Å². The van der Waals surface area contributed by atoms with Gasteiger partial charge in [-0.1, -0.05) is 6.42 Å². The van der Waals surface area contributed by atoms with Gasteiger partial charge in [0.1, 0.15) is 10.7 Å². The van der Waals surface area contributed by atoms with Crippen molar-refractivity contribution in [3.63, 3.8) is 0 Å².